The van der Waals surface area contributed by atoms with Gasteiger partial charge in [0.2, 0.25) is 5.91 Å². The van der Waals surface area contributed by atoms with Gasteiger partial charge < -0.3 is 9.88 Å². The lowest BCUT2D eigenvalue weighted by molar-refractivity contribution is -0.117. The van der Waals surface area contributed by atoms with E-state index >= 15 is 0 Å². The third-order valence-corrected chi connectivity index (χ3v) is 5.66. The highest BCUT2D eigenvalue weighted by Gasteiger charge is 2.19. The number of carbonyl (C=O) groups is 1. The first-order valence-corrected chi connectivity index (χ1v) is 10.6. The number of benzene rings is 2. The van der Waals surface area contributed by atoms with E-state index in [1.54, 1.807) is 0 Å². The van der Waals surface area contributed by atoms with Crippen LogP contribution in [0.15, 0.2) is 67.0 Å². The van der Waals surface area contributed by atoms with Gasteiger partial charge in [0.15, 0.2) is 0 Å². The third kappa shape index (κ3) is 5.14. The van der Waals surface area contributed by atoms with Crippen molar-refractivity contribution < 1.29 is 4.79 Å². The maximum Gasteiger partial charge on any atom is 0.238 e. The molecule has 0 spiro atoms. The van der Waals surface area contributed by atoms with E-state index in [2.05, 4.69) is 43.0 Å². The molecule has 1 fully saturated rings. The number of anilines is 1. The highest BCUT2D eigenvalue weighted by Crippen LogP contribution is 2.17. The molecular weight excluding hydrogens is 374 g/mol. The number of nitrogens with zero attached hydrogens (tertiary/aromatic N) is 4. The van der Waals surface area contributed by atoms with Gasteiger partial charge in [-0.2, -0.15) is 0 Å². The van der Waals surface area contributed by atoms with Crippen LogP contribution in [0.4, 0.5) is 5.69 Å². The zero-order valence-corrected chi connectivity index (χ0v) is 17.5. The number of hydrogen-bond acceptors (Lipinski definition) is 4. The van der Waals surface area contributed by atoms with Gasteiger partial charge in [0.05, 0.1) is 6.54 Å². The molecule has 1 aromatic heterocycles. The molecule has 0 aliphatic carbocycles. The minimum atomic E-state index is 0.0590. The van der Waals surface area contributed by atoms with E-state index < -0.39 is 0 Å². The Hall–Kier alpha value is -2.96. The maximum absolute atomic E-state index is 12.4. The molecule has 30 heavy (non-hydrogen) atoms. The Morgan fingerprint density at radius 3 is 2.40 bits per heavy atom. The van der Waals surface area contributed by atoms with Gasteiger partial charge in [-0.25, -0.2) is 4.98 Å². The first kappa shape index (κ1) is 20.3. The number of aryl methyl sites for hydroxylation is 1. The van der Waals surface area contributed by atoms with Crippen molar-refractivity contribution in [3.05, 3.63) is 72.6 Å². The van der Waals surface area contributed by atoms with Gasteiger partial charge in [-0.05, 0) is 18.6 Å². The Morgan fingerprint density at radius 1 is 0.933 bits per heavy atom. The van der Waals surface area contributed by atoms with Gasteiger partial charge in [-0.1, -0.05) is 48.5 Å². The number of rotatable bonds is 7. The lowest BCUT2D eigenvalue weighted by atomic mass is 10.2. The molecule has 0 radical (unpaired) electrons. The average Bonchev–Trinajstić information content (AvgIpc) is 3.24. The molecule has 1 saturated heterocycles. The van der Waals surface area contributed by atoms with E-state index in [0.29, 0.717) is 6.54 Å². The van der Waals surface area contributed by atoms with E-state index in [-0.39, 0.29) is 5.91 Å². The van der Waals surface area contributed by atoms with Crippen LogP contribution in [-0.4, -0.2) is 64.5 Å². The van der Waals surface area contributed by atoms with Crippen LogP contribution in [0.25, 0.3) is 11.4 Å². The summed E-state index contributed by atoms with van der Waals surface area (Å²) in [6.07, 6.45) is 3.92. The van der Waals surface area contributed by atoms with Gasteiger partial charge >= 0.3 is 0 Å². The van der Waals surface area contributed by atoms with E-state index in [0.717, 1.165) is 61.9 Å². The van der Waals surface area contributed by atoms with Crippen LogP contribution in [0.1, 0.15) is 5.56 Å². The Morgan fingerprint density at radius 2 is 1.63 bits per heavy atom. The average molecular weight is 404 g/mol. The molecule has 1 amide bonds. The Labute approximate surface area is 178 Å². The minimum absolute atomic E-state index is 0.0590. The summed E-state index contributed by atoms with van der Waals surface area (Å²) in [6, 6.07) is 18.2. The van der Waals surface area contributed by atoms with Crippen LogP contribution in [-0.2, 0) is 11.3 Å². The highest BCUT2D eigenvalue weighted by molar-refractivity contribution is 5.92. The number of nitrogens with one attached hydrogen (secondary N) is 1. The fourth-order valence-corrected chi connectivity index (χ4v) is 3.86. The normalized spacial score (nSPS) is 15.2. The molecule has 0 atom stereocenters. The van der Waals surface area contributed by atoms with Gasteiger partial charge in [0.25, 0.3) is 0 Å². The van der Waals surface area contributed by atoms with E-state index in [1.165, 1.54) is 0 Å². The topological polar surface area (TPSA) is 53.4 Å². The molecular formula is C24H29N5O. The number of amides is 1. The monoisotopic (exact) mass is 403 g/mol. The maximum atomic E-state index is 12.4. The number of para-hydroxylation sites is 1. The summed E-state index contributed by atoms with van der Waals surface area (Å²) >= 11 is 0. The summed E-state index contributed by atoms with van der Waals surface area (Å²) in [7, 11) is 0. The van der Waals surface area contributed by atoms with Gasteiger partial charge in [0, 0.05) is 62.9 Å². The Bertz CT molecular complexity index is 960. The second kappa shape index (κ2) is 9.69. The quantitative estimate of drug-likeness (QED) is 0.659. The molecule has 0 unspecified atom stereocenters. The number of piperazine rings is 1. The van der Waals surface area contributed by atoms with Crippen LogP contribution in [0.3, 0.4) is 0 Å². The fourth-order valence-electron chi connectivity index (χ4n) is 3.86. The second-order valence-electron chi connectivity index (χ2n) is 7.79. The van der Waals surface area contributed by atoms with Crippen molar-refractivity contribution in [2.75, 3.05) is 44.6 Å². The molecule has 3 aromatic rings. The Kier molecular flexibility index (Phi) is 6.57. The molecule has 4 rings (SSSR count). The Balaban J connectivity index is 1.23. The summed E-state index contributed by atoms with van der Waals surface area (Å²) < 4.78 is 2.22. The zero-order valence-electron chi connectivity index (χ0n) is 17.5. The number of imidazole rings is 1. The SMILES string of the molecule is Cc1ccccc1NC(=O)CN1CCN(CCn2ccnc2-c2ccccc2)CC1. The van der Waals surface area contributed by atoms with Crippen LogP contribution >= 0.6 is 0 Å². The van der Waals surface area contributed by atoms with E-state index in [1.807, 2.05) is 55.6 Å². The molecule has 1 aliphatic rings. The van der Waals surface area contributed by atoms with Crippen molar-refractivity contribution in [2.45, 2.75) is 13.5 Å². The predicted molar refractivity (Wildman–Crippen MR) is 120 cm³/mol. The fraction of sp³-hybridized carbons (Fsp3) is 0.333. The summed E-state index contributed by atoms with van der Waals surface area (Å²) in [4.78, 5) is 21.6. The molecule has 1 aliphatic heterocycles. The first-order valence-electron chi connectivity index (χ1n) is 10.6. The van der Waals surface area contributed by atoms with Crippen molar-refractivity contribution in [3.63, 3.8) is 0 Å². The largest absolute Gasteiger partial charge is 0.330 e. The van der Waals surface area contributed by atoms with Gasteiger partial charge in [0.1, 0.15) is 5.82 Å². The van der Waals surface area contributed by atoms with Crippen LogP contribution in [0.5, 0.6) is 0 Å². The van der Waals surface area contributed by atoms with Crippen LogP contribution < -0.4 is 5.32 Å². The lowest BCUT2D eigenvalue weighted by Gasteiger charge is -2.34. The molecule has 156 valence electrons. The number of hydrogen-bond donors (Lipinski definition) is 1. The second-order valence-corrected chi connectivity index (χ2v) is 7.79. The first-order chi connectivity index (χ1) is 14.7. The summed E-state index contributed by atoms with van der Waals surface area (Å²) in [5.74, 6) is 1.07. The summed E-state index contributed by atoms with van der Waals surface area (Å²) in [5, 5.41) is 3.03. The highest BCUT2D eigenvalue weighted by atomic mass is 16.2. The van der Waals surface area contributed by atoms with Crippen LogP contribution in [0, 0.1) is 6.92 Å². The van der Waals surface area contributed by atoms with Gasteiger partial charge in [-0.15, -0.1) is 0 Å². The molecule has 2 aromatic carbocycles. The van der Waals surface area contributed by atoms with E-state index in [9.17, 15) is 4.79 Å². The molecule has 2 heterocycles. The third-order valence-electron chi connectivity index (χ3n) is 5.66. The summed E-state index contributed by atoms with van der Waals surface area (Å²) in [6.45, 7) is 8.14. The van der Waals surface area contributed by atoms with Crippen molar-refractivity contribution >= 4 is 11.6 Å². The minimum Gasteiger partial charge on any atom is -0.330 e. The molecule has 0 bridgehead atoms. The van der Waals surface area contributed by atoms with Crippen molar-refractivity contribution in [2.24, 2.45) is 0 Å². The molecule has 6 nitrogen and oxygen atoms in total. The van der Waals surface area contributed by atoms with E-state index in [4.69, 9.17) is 0 Å². The number of aromatic nitrogens is 2. The molecule has 1 N–H and O–H groups in total. The van der Waals surface area contributed by atoms with Crippen molar-refractivity contribution in [1.82, 2.24) is 19.4 Å². The standard InChI is InChI=1S/C24H29N5O/c1-20-7-5-6-10-22(20)26-23(30)19-28-15-13-27(14-16-28)17-18-29-12-11-25-24(29)21-8-3-2-4-9-21/h2-12H,13-19H2,1H3,(H,26,30). The van der Waals surface area contributed by atoms with Crippen molar-refractivity contribution in [1.29, 1.82) is 0 Å². The predicted octanol–water partition coefficient (Wildman–Crippen LogP) is 3.11. The zero-order chi connectivity index (χ0) is 20.8. The van der Waals surface area contributed by atoms with Gasteiger partial charge in [-0.3, -0.25) is 14.6 Å². The van der Waals surface area contributed by atoms with Crippen LogP contribution in [0.2, 0.25) is 0 Å². The number of carbonyl (C=O) groups excluding carboxylic acids is 1. The summed E-state index contributed by atoms with van der Waals surface area (Å²) in [5.41, 5.74) is 3.13. The molecule has 6 heteroatoms. The smallest absolute Gasteiger partial charge is 0.238 e. The molecule has 0 saturated carbocycles. The van der Waals surface area contributed by atoms with Crippen molar-refractivity contribution in [3.8, 4) is 11.4 Å². The lowest BCUT2D eigenvalue weighted by Crippen LogP contribution is -2.49.